The lowest BCUT2D eigenvalue weighted by Crippen LogP contribution is -2.32. The number of amides is 1. The standard InChI is InChI=1S/C15H17N3O2/c1-3-18(10-12-7-5-4-6-11(12)2)15(20)13-8-9-14(19)17-16-13/h4-9H,3,10H2,1-2H3,(H,17,19). The van der Waals surface area contributed by atoms with Crippen molar-refractivity contribution in [2.24, 2.45) is 0 Å². The van der Waals surface area contributed by atoms with Gasteiger partial charge in [-0.2, -0.15) is 5.10 Å². The Kier molecular flexibility index (Phi) is 4.30. The molecule has 0 aliphatic carbocycles. The fraction of sp³-hybridized carbons (Fsp3) is 0.267. The molecule has 0 bridgehead atoms. The lowest BCUT2D eigenvalue weighted by molar-refractivity contribution is 0.0745. The molecule has 2 aromatic rings. The van der Waals surface area contributed by atoms with Crippen LogP contribution in [0.1, 0.15) is 28.5 Å². The second-order valence-electron chi connectivity index (χ2n) is 4.55. The van der Waals surface area contributed by atoms with Crippen LogP contribution in [0.15, 0.2) is 41.2 Å². The number of nitrogens with zero attached hydrogens (tertiary/aromatic N) is 2. The molecular formula is C15H17N3O2. The lowest BCUT2D eigenvalue weighted by Gasteiger charge is -2.21. The first-order valence-corrected chi connectivity index (χ1v) is 6.51. The second-order valence-corrected chi connectivity index (χ2v) is 4.55. The Labute approximate surface area is 117 Å². The summed E-state index contributed by atoms with van der Waals surface area (Å²) in [6.07, 6.45) is 0. The number of carbonyl (C=O) groups is 1. The molecule has 104 valence electrons. The van der Waals surface area contributed by atoms with Crippen molar-refractivity contribution in [2.75, 3.05) is 6.54 Å². The highest BCUT2D eigenvalue weighted by molar-refractivity contribution is 5.92. The Bertz CT molecular complexity index is 644. The van der Waals surface area contributed by atoms with E-state index in [9.17, 15) is 9.59 Å². The first-order valence-electron chi connectivity index (χ1n) is 6.51. The van der Waals surface area contributed by atoms with E-state index in [-0.39, 0.29) is 17.2 Å². The van der Waals surface area contributed by atoms with Crippen LogP contribution >= 0.6 is 0 Å². The maximum atomic E-state index is 12.3. The van der Waals surface area contributed by atoms with Gasteiger partial charge in [0, 0.05) is 19.2 Å². The summed E-state index contributed by atoms with van der Waals surface area (Å²) in [6, 6.07) is 10.7. The Balaban J connectivity index is 2.20. The zero-order valence-electron chi connectivity index (χ0n) is 11.6. The SMILES string of the molecule is CCN(Cc1ccccc1C)C(=O)c1ccc(=O)[nH]n1. The number of aromatic amines is 1. The van der Waals surface area contributed by atoms with E-state index >= 15 is 0 Å². The monoisotopic (exact) mass is 271 g/mol. The molecule has 1 aromatic carbocycles. The highest BCUT2D eigenvalue weighted by Crippen LogP contribution is 2.12. The molecule has 1 N–H and O–H groups in total. The zero-order valence-corrected chi connectivity index (χ0v) is 11.6. The van der Waals surface area contributed by atoms with Crippen molar-refractivity contribution in [2.45, 2.75) is 20.4 Å². The Morgan fingerprint density at radius 2 is 2.00 bits per heavy atom. The zero-order chi connectivity index (χ0) is 14.5. The summed E-state index contributed by atoms with van der Waals surface area (Å²) >= 11 is 0. The minimum Gasteiger partial charge on any atom is -0.333 e. The van der Waals surface area contributed by atoms with Crippen LogP contribution in [0.4, 0.5) is 0 Å². The van der Waals surface area contributed by atoms with E-state index in [1.54, 1.807) is 4.90 Å². The van der Waals surface area contributed by atoms with Crippen LogP contribution in [0.2, 0.25) is 0 Å². The first kappa shape index (κ1) is 14.0. The molecule has 1 heterocycles. The third-order valence-electron chi connectivity index (χ3n) is 3.19. The normalized spacial score (nSPS) is 10.3. The molecule has 0 radical (unpaired) electrons. The molecule has 1 aromatic heterocycles. The summed E-state index contributed by atoms with van der Waals surface area (Å²) in [5.41, 5.74) is 2.18. The molecule has 0 saturated carbocycles. The maximum absolute atomic E-state index is 12.3. The van der Waals surface area contributed by atoms with Gasteiger partial charge in [-0.1, -0.05) is 24.3 Å². The highest BCUT2D eigenvalue weighted by atomic mass is 16.2. The average molecular weight is 271 g/mol. The molecule has 20 heavy (non-hydrogen) atoms. The van der Waals surface area contributed by atoms with E-state index in [0.717, 1.165) is 11.1 Å². The minimum atomic E-state index is -0.316. The van der Waals surface area contributed by atoms with Crippen LogP contribution in [0, 0.1) is 6.92 Å². The molecule has 5 heteroatoms. The van der Waals surface area contributed by atoms with Crippen LogP contribution in [0.3, 0.4) is 0 Å². The van der Waals surface area contributed by atoms with E-state index < -0.39 is 0 Å². The number of hydrogen-bond donors (Lipinski definition) is 1. The van der Waals surface area contributed by atoms with Crippen LogP contribution in [-0.2, 0) is 6.54 Å². The Hall–Kier alpha value is -2.43. The molecular weight excluding hydrogens is 254 g/mol. The van der Waals surface area contributed by atoms with Crippen molar-refractivity contribution in [3.63, 3.8) is 0 Å². The fourth-order valence-corrected chi connectivity index (χ4v) is 1.95. The Morgan fingerprint density at radius 1 is 1.25 bits per heavy atom. The van der Waals surface area contributed by atoms with Gasteiger partial charge < -0.3 is 4.90 Å². The molecule has 0 fully saturated rings. The molecule has 1 amide bonds. The number of aryl methyl sites for hydroxylation is 1. The summed E-state index contributed by atoms with van der Waals surface area (Å²) in [5.74, 6) is -0.188. The summed E-state index contributed by atoms with van der Waals surface area (Å²) < 4.78 is 0. The second kappa shape index (κ2) is 6.14. The molecule has 0 spiro atoms. The maximum Gasteiger partial charge on any atom is 0.274 e. The number of rotatable bonds is 4. The smallest absolute Gasteiger partial charge is 0.274 e. The number of H-pyrrole nitrogens is 1. The van der Waals surface area contributed by atoms with Gasteiger partial charge in [0.05, 0.1) is 0 Å². The number of nitrogens with one attached hydrogen (secondary N) is 1. The summed E-state index contributed by atoms with van der Waals surface area (Å²) in [7, 11) is 0. The largest absolute Gasteiger partial charge is 0.333 e. The number of carbonyl (C=O) groups excluding carboxylic acids is 1. The minimum absolute atomic E-state index is 0.188. The van der Waals surface area contributed by atoms with E-state index in [0.29, 0.717) is 13.1 Å². The highest BCUT2D eigenvalue weighted by Gasteiger charge is 2.16. The average Bonchev–Trinajstić information content (AvgIpc) is 2.46. The summed E-state index contributed by atoms with van der Waals surface area (Å²) in [4.78, 5) is 25.0. The van der Waals surface area contributed by atoms with Crippen molar-refractivity contribution < 1.29 is 4.79 Å². The van der Waals surface area contributed by atoms with Gasteiger partial charge in [-0.3, -0.25) is 9.59 Å². The summed E-state index contributed by atoms with van der Waals surface area (Å²) in [5, 5.41) is 6.06. The van der Waals surface area contributed by atoms with E-state index in [1.807, 2.05) is 38.1 Å². The van der Waals surface area contributed by atoms with E-state index in [4.69, 9.17) is 0 Å². The van der Waals surface area contributed by atoms with Gasteiger partial charge in [0.2, 0.25) is 0 Å². The topological polar surface area (TPSA) is 66.1 Å². The number of hydrogen-bond acceptors (Lipinski definition) is 3. The molecule has 0 aliphatic rings. The number of aromatic nitrogens is 2. The lowest BCUT2D eigenvalue weighted by atomic mass is 10.1. The third kappa shape index (κ3) is 3.12. The van der Waals surface area contributed by atoms with Crippen LogP contribution in [0.5, 0.6) is 0 Å². The molecule has 2 rings (SSSR count). The van der Waals surface area contributed by atoms with Crippen molar-refractivity contribution >= 4 is 5.91 Å². The van der Waals surface area contributed by atoms with Crippen molar-refractivity contribution in [3.8, 4) is 0 Å². The van der Waals surface area contributed by atoms with Crippen LogP contribution in [-0.4, -0.2) is 27.5 Å². The van der Waals surface area contributed by atoms with Gasteiger partial charge in [0.15, 0.2) is 0 Å². The molecule has 0 unspecified atom stereocenters. The number of benzene rings is 1. The van der Waals surface area contributed by atoms with Crippen molar-refractivity contribution in [1.29, 1.82) is 0 Å². The van der Waals surface area contributed by atoms with Crippen molar-refractivity contribution in [1.82, 2.24) is 15.1 Å². The van der Waals surface area contributed by atoms with Gasteiger partial charge in [0.25, 0.3) is 11.5 Å². The predicted molar refractivity (Wildman–Crippen MR) is 76.5 cm³/mol. The molecule has 0 atom stereocenters. The predicted octanol–water partition coefficient (Wildman–Crippen LogP) is 1.74. The fourth-order valence-electron chi connectivity index (χ4n) is 1.95. The summed E-state index contributed by atoms with van der Waals surface area (Å²) in [6.45, 7) is 5.05. The van der Waals surface area contributed by atoms with E-state index in [2.05, 4.69) is 10.2 Å². The molecule has 0 saturated heterocycles. The van der Waals surface area contributed by atoms with Crippen molar-refractivity contribution in [3.05, 3.63) is 63.6 Å². The third-order valence-corrected chi connectivity index (χ3v) is 3.19. The quantitative estimate of drug-likeness (QED) is 0.921. The molecule has 5 nitrogen and oxygen atoms in total. The van der Waals surface area contributed by atoms with Gasteiger partial charge >= 0.3 is 0 Å². The van der Waals surface area contributed by atoms with Gasteiger partial charge in [-0.05, 0) is 31.0 Å². The van der Waals surface area contributed by atoms with E-state index in [1.165, 1.54) is 12.1 Å². The Morgan fingerprint density at radius 3 is 2.60 bits per heavy atom. The van der Waals surface area contributed by atoms with Gasteiger partial charge in [-0.15, -0.1) is 0 Å². The first-order chi connectivity index (χ1) is 9.61. The van der Waals surface area contributed by atoms with Gasteiger partial charge in [0.1, 0.15) is 5.69 Å². The van der Waals surface area contributed by atoms with Crippen LogP contribution < -0.4 is 5.56 Å². The molecule has 0 aliphatic heterocycles. The van der Waals surface area contributed by atoms with Crippen LogP contribution in [0.25, 0.3) is 0 Å². The van der Waals surface area contributed by atoms with Gasteiger partial charge in [-0.25, -0.2) is 5.10 Å².